The Morgan fingerprint density at radius 3 is 2.79 bits per heavy atom. The van der Waals surface area contributed by atoms with E-state index in [0.717, 1.165) is 6.42 Å². The van der Waals surface area contributed by atoms with E-state index in [4.69, 9.17) is 10.5 Å². The van der Waals surface area contributed by atoms with Crippen LogP contribution >= 0.6 is 0 Å². The van der Waals surface area contributed by atoms with Gasteiger partial charge < -0.3 is 15.8 Å². The molecule has 3 N–H and O–H groups in total. The number of carbonyl (C=O) groups is 1. The Hall–Kier alpha value is -0.870. The summed E-state index contributed by atoms with van der Waals surface area (Å²) in [6.45, 7) is 6.60. The fourth-order valence-electron chi connectivity index (χ4n) is 1.12. The first-order valence-corrected chi connectivity index (χ1v) is 4.71. The van der Waals surface area contributed by atoms with Crippen LogP contribution in [0, 0.1) is 0 Å². The molecule has 0 rings (SSSR count). The molecule has 0 radical (unpaired) electrons. The highest BCUT2D eigenvalue weighted by Crippen LogP contribution is 2.11. The maximum atomic E-state index is 11.2. The molecule has 0 aromatic rings. The zero-order chi connectivity index (χ0) is 11.0. The second-order valence-corrected chi connectivity index (χ2v) is 3.44. The van der Waals surface area contributed by atoms with Gasteiger partial charge in [-0.2, -0.15) is 0 Å². The van der Waals surface area contributed by atoms with Crippen molar-refractivity contribution in [1.29, 1.82) is 0 Å². The van der Waals surface area contributed by atoms with Gasteiger partial charge in [0.15, 0.2) is 0 Å². The van der Waals surface area contributed by atoms with Crippen LogP contribution in [-0.4, -0.2) is 31.7 Å². The fourth-order valence-corrected chi connectivity index (χ4v) is 1.12. The molecule has 0 heterocycles. The number of carbonyl (C=O) groups excluding carboxylic acids is 1. The lowest BCUT2D eigenvalue weighted by Crippen LogP contribution is -2.53. The van der Waals surface area contributed by atoms with Crippen LogP contribution in [-0.2, 0) is 9.53 Å². The summed E-state index contributed by atoms with van der Waals surface area (Å²) in [7, 11) is 1.62. The molecule has 0 spiro atoms. The standard InChI is InChI=1S/C10H20N2O2/c1-4-5-6-10(2,9(11)13)12-7-8-14-3/h4,12H,1,5-8H2,2-3H3,(H2,11,13). The van der Waals surface area contributed by atoms with Crippen molar-refractivity contribution in [3.8, 4) is 0 Å². The van der Waals surface area contributed by atoms with Crippen molar-refractivity contribution in [2.24, 2.45) is 5.73 Å². The van der Waals surface area contributed by atoms with E-state index >= 15 is 0 Å². The molecule has 1 amide bonds. The molecule has 0 aliphatic heterocycles. The molecule has 0 aliphatic carbocycles. The van der Waals surface area contributed by atoms with Crippen LogP contribution in [0.15, 0.2) is 12.7 Å². The van der Waals surface area contributed by atoms with Gasteiger partial charge in [-0.1, -0.05) is 6.08 Å². The average Bonchev–Trinajstić information content (AvgIpc) is 2.15. The largest absolute Gasteiger partial charge is 0.383 e. The summed E-state index contributed by atoms with van der Waals surface area (Å²) in [6, 6.07) is 0. The zero-order valence-electron chi connectivity index (χ0n) is 9.01. The van der Waals surface area contributed by atoms with E-state index in [1.807, 2.05) is 0 Å². The molecular formula is C10H20N2O2. The summed E-state index contributed by atoms with van der Waals surface area (Å²) >= 11 is 0. The number of nitrogens with one attached hydrogen (secondary N) is 1. The Morgan fingerprint density at radius 2 is 2.36 bits per heavy atom. The molecule has 4 heteroatoms. The fraction of sp³-hybridized carbons (Fsp3) is 0.700. The van der Waals surface area contributed by atoms with Gasteiger partial charge in [0, 0.05) is 13.7 Å². The molecule has 0 aliphatic rings. The Kier molecular flexibility index (Phi) is 6.16. The van der Waals surface area contributed by atoms with Gasteiger partial charge in [-0.15, -0.1) is 6.58 Å². The highest BCUT2D eigenvalue weighted by atomic mass is 16.5. The van der Waals surface area contributed by atoms with Gasteiger partial charge in [-0.25, -0.2) is 0 Å². The van der Waals surface area contributed by atoms with Gasteiger partial charge in [-0.3, -0.25) is 4.79 Å². The van der Waals surface area contributed by atoms with Crippen LogP contribution in [0.2, 0.25) is 0 Å². The Morgan fingerprint density at radius 1 is 1.71 bits per heavy atom. The van der Waals surface area contributed by atoms with Crippen molar-refractivity contribution in [3.63, 3.8) is 0 Å². The normalized spacial score (nSPS) is 14.7. The van der Waals surface area contributed by atoms with Crippen LogP contribution in [0.4, 0.5) is 0 Å². The minimum absolute atomic E-state index is 0.338. The van der Waals surface area contributed by atoms with Crippen molar-refractivity contribution in [1.82, 2.24) is 5.32 Å². The van der Waals surface area contributed by atoms with Gasteiger partial charge in [0.2, 0.25) is 5.91 Å². The molecule has 1 unspecified atom stereocenters. The lowest BCUT2D eigenvalue weighted by Gasteiger charge is -2.26. The van der Waals surface area contributed by atoms with E-state index in [0.29, 0.717) is 19.6 Å². The molecule has 0 bridgehead atoms. The molecule has 0 aromatic carbocycles. The summed E-state index contributed by atoms with van der Waals surface area (Å²) in [5.74, 6) is -0.338. The average molecular weight is 200 g/mol. The zero-order valence-corrected chi connectivity index (χ0v) is 9.01. The quantitative estimate of drug-likeness (QED) is 0.441. The summed E-state index contributed by atoms with van der Waals surface area (Å²) in [6.07, 6.45) is 3.20. The minimum Gasteiger partial charge on any atom is -0.383 e. The first kappa shape index (κ1) is 13.1. The van der Waals surface area contributed by atoms with E-state index in [9.17, 15) is 4.79 Å². The molecule has 82 valence electrons. The van der Waals surface area contributed by atoms with Gasteiger partial charge in [0.25, 0.3) is 0 Å². The van der Waals surface area contributed by atoms with Gasteiger partial charge in [-0.05, 0) is 19.8 Å². The first-order chi connectivity index (χ1) is 6.56. The minimum atomic E-state index is -0.660. The van der Waals surface area contributed by atoms with E-state index < -0.39 is 5.54 Å². The van der Waals surface area contributed by atoms with E-state index in [2.05, 4.69) is 11.9 Å². The van der Waals surface area contributed by atoms with Crippen molar-refractivity contribution < 1.29 is 9.53 Å². The van der Waals surface area contributed by atoms with Crippen LogP contribution in [0.1, 0.15) is 19.8 Å². The predicted molar refractivity (Wildman–Crippen MR) is 56.9 cm³/mol. The number of methoxy groups -OCH3 is 1. The molecule has 0 saturated heterocycles. The highest BCUT2D eigenvalue weighted by molar-refractivity contribution is 5.84. The van der Waals surface area contributed by atoms with Crippen molar-refractivity contribution >= 4 is 5.91 Å². The topological polar surface area (TPSA) is 64.3 Å². The van der Waals surface area contributed by atoms with Crippen LogP contribution in [0.5, 0.6) is 0 Å². The monoisotopic (exact) mass is 200 g/mol. The molecule has 1 atom stereocenters. The van der Waals surface area contributed by atoms with E-state index in [1.54, 1.807) is 20.1 Å². The molecule has 0 saturated carbocycles. The maximum absolute atomic E-state index is 11.2. The lowest BCUT2D eigenvalue weighted by molar-refractivity contribution is -0.124. The van der Waals surface area contributed by atoms with Crippen molar-refractivity contribution in [3.05, 3.63) is 12.7 Å². The van der Waals surface area contributed by atoms with Crippen LogP contribution in [0.3, 0.4) is 0 Å². The SMILES string of the molecule is C=CCCC(C)(NCCOC)C(N)=O. The lowest BCUT2D eigenvalue weighted by atomic mass is 9.95. The smallest absolute Gasteiger partial charge is 0.237 e. The number of primary amides is 1. The number of allylic oxidation sites excluding steroid dienone is 1. The highest BCUT2D eigenvalue weighted by Gasteiger charge is 2.28. The van der Waals surface area contributed by atoms with Gasteiger partial charge >= 0.3 is 0 Å². The number of rotatable bonds is 8. The Labute approximate surface area is 85.5 Å². The summed E-state index contributed by atoms with van der Waals surface area (Å²) in [5, 5.41) is 3.08. The van der Waals surface area contributed by atoms with Crippen molar-refractivity contribution in [2.75, 3.05) is 20.3 Å². The number of amides is 1. The van der Waals surface area contributed by atoms with Gasteiger partial charge in [0.1, 0.15) is 0 Å². The van der Waals surface area contributed by atoms with E-state index in [1.165, 1.54) is 0 Å². The predicted octanol–water partition coefficient (Wildman–Crippen LogP) is 0.433. The maximum Gasteiger partial charge on any atom is 0.237 e. The molecular weight excluding hydrogens is 180 g/mol. The van der Waals surface area contributed by atoms with Gasteiger partial charge in [0.05, 0.1) is 12.1 Å². The molecule has 4 nitrogen and oxygen atoms in total. The Balaban J connectivity index is 4.09. The first-order valence-electron chi connectivity index (χ1n) is 4.71. The third-order valence-corrected chi connectivity index (χ3v) is 2.21. The second kappa shape index (κ2) is 6.56. The van der Waals surface area contributed by atoms with Crippen LogP contribution in [0.25, 0.3) is 0 Å². The molecule has 0 aromatic heterocycles. The molecule has 0 fully saturated rings. The number of nitrogens with two attached hydrogens (primary N) is 1. The Bertz CT molecular complexity index is 195. The third-order valence-electron chi connectivity index (χ3n) is 2.21. The molecule has 14 heavy (non-hydrogen) atoms. The third kappa shape index (κ3) is 4.39. The number of hydrogen-bond acceptors (Lipinski definition) is 3. The number of ether oxygens (including phenoxy) is 1. The number of hydrogen-bond donors (Lipinski definition) is 2. The van der Waals surface area contributed by atoms with Crippen LogP contribution < -0.4 is 11.1 Å². The summed E-state index contributed by atoms with van der Waals surface area (Å²) in [5.41, 5.74) is 4.66. The summed E-state index contributed by atoms with van der Waals surface area (Å²) < 4.78 is 4.89. The van der Waals surface area contributed by atoms with E-state index in [-0.39, 0.29) is 5.91 Å². The second-order valence-electron chi connectivity index (χ2n) is 3.44. The summed E-state index contributed by atoms with van der Waals surface area (Å²) in [4.78, 5) is 11.2. The van der Waals surface area contributed by atoms with Crippen molar-refractivity contribution in [2.45, 2.75) is 25.3 Å².